The first-order valence-electron chi connectivity index (χ1n) is 3.10. The minimum Gasteiger partial charge on any atom is -0.481 e. The first-order valence-corrected chi connectivity index (χ1v) is 3.10. The summed E-state index contributed by atoms with van der Waals surface area (Å²) in [6.07, 6.45) is 5.82. The van der Waals surface area contributed by atoms with E-state index in [2.05, 4.69) is 0 Å². The van der Waals surface area contributed by atoms with E-state index in [-0.39, 0.29) is 17.4 Å². The fourth-order valence-corrected chi connectivity index (χ4v) is 0.538. The van der Waals surface area contributed by atoms with Gasteiger partial charge in [-0.2, -0.15) is 0 Å². The summed E-state index contributed by atoms with van der Waals surface area (Å²) in [6.45, 7) is 1.93. The highest BCUT2D eigenvalue weighted by atomic mass is 16.4. The molecule has 0 aromatic carbocycles. The SMILES string of the molecule is CC=CCCCC(=O)O.O.O. The van der Waals surface area contributed by atoms with Gasteiger partial charge in [-0.1, -0.05) is 12.2 Å². The van der Waals surface area contributed by atoms with Crippen LogP contribution in [0, 0.1) is 0 Å². The molecule has 0 aliphatic heterocycles. The molecular weight excluding hydrogens is 148 g/mol. The fourth-order valence-electron chi connectivity index (χ4n) is 0.538. The molecule has 68 valence electrons. The van der Waals surface area contributed by atoms with Crippen molar-refractivity contribution in [1.29, 1.82) is 0 Å². The Bertz CT molecular complexity index is 109. The average Bonchev–Trinajstić information content (AvgIpc) is 1.80. The predicted octanol–water partition coefficient (Wildman–Crippen LogP) is 0.168. The maximum atomic E-state index is 9.94. The van der Waals surface area contributed by atoms with Gasteiger partial charge in [-0.25, -0.2) is 0 Å². The summed E-state index contributed by atoms with van der Waals surface area (Å²) < 4.78 is 0. The monoisotopic (exact) mass is 164 g/mol. The summed E-state index contributed by atoms with van der Waals surface area (Å²) in [4.78, 5) is 9.94. The molecule has 4 heteroatoms. The third-order valence-electron chi connectivity index (χ3n) is 0.997. The molecule has 0 fully saturated rings. The van der Waals surface area contributed by atoms with E-state index in [1.54, 1.807) is 0 Å². The molecule has 0 aromatic heterocycles. The molecule has 0 rings (SSSR count). The predicted molar refractivity (Wildman–Crippen MR) is 43.5 cm³/mol. The Balaban J connectivity index is -0.000000320. The molecule has 0 heterocycles. The lowest BCUT2D eigenvalue weighted by Crippen LogP contribution is -1.92. The van der Waals surface area contributed by atoms with Crippen molar-refractivity contribution in [2.24, 2.45) is 0 Å². The zero-order valence-corrected chi connectivity index (χ0v) is 6.63. The maximum Gasteiger partial charge on any atom is 0.303 e. The standard InChI is InChI=1S/C7H12O2.2H2O/c1-2-3-4-5-6-7(8)9;;/h2-3H,4-6H2,1H3,(H,8,9);2*1H2. The number of carboxylic acids is 1. The second kappa shape index (κ2) is 11.9. The smallest absolute Gasteiger partial charge is 0.303 e. The van der Waals surface area contributed by atoms with Crippen LogP contribution in [-0.2, 0) is 4.79 Å². The van der Waals surface area contributed by atoms with Gasteiger partial charge in [-0.15, -0.1) is 0 Å². The van der Waals surface area contributed by atoms with E-state index >= 15 is 0 Å². The van der Waals surface area contributed by atoms with Gasteiger partial charge in [-0.3, -0.25) is 4.79 Å². The molecule has 0 aromatic rings. The van der Waals surface area contributed by atoms with Gasteiger partial charge in [0, 0.05) is 6.42 Å². The lowest BCUT2D eigenvalue weighted by molar-refractivity contribution is -0.137. The Labute approximate surface area is 66.2 Å². The number of carbonyl (C=O) groups is 1. The molecule has 0 atom stereocenters. The van der Waals surface area contributed by atoms with Gasteiger partial charge < -0.3 is 16.1 Å². The van der Waals surface area contributed by atoms with Gasteiger partial charge in [0.2, 0.25) is 0 Å². The number of aliphatic carboxylic acids is 1. The van der Waals surface area contributed by atoms with E-state index in [1.165, 1.54) is 0 Å². The third kappa shape index (κ3) is 17.6. The van der Waals surface area contributed by atoms with Crippen molar-refractivity contribution in [2.75, 3.05) is 0 Å². The highest BCUT2D eigenvalue weighted by Crippen LogP contribution is 1.95. The summed E-state index contributed by atoms with van der Waals surface area (Å²) in [6, 6.07) is 0. The quantitative estimate of drug-likeness (QED) is 0.473. The molecule has 4 nitrogen and oxygen atoms in total. The van der Waals surface area contributed by atoms with Crippen LogP contribution in [0.25, 0.3) is 0 Å². The van der Waals surface area contributed by atoms with Gasteiger partial charge in [0.1, 0.15) is 0 Å². The van der Waals surface area contributed by atoms with Crippen molar-refractivity contribution >= 4 is 5.97 Å². The van der Waals surface area contributed by atoms with Crippen LogP contribution in [0.3, 0.4) is 0 Å². The van der Waals surface area contributed by atoms with E-state index in [9.17, 15) is 4.79 Å². The Morgan fingerprint density at radius 1 is 1.45 bits per heavy atom. The van der Waals surface area contributed by atoms with E-state index in [4.69, 9.17) is 5.11 Å². The van der Waals surface area contributed by atoms with Crippen LogP contribution in [0.4, 0.5) is 0 Å². The van der Waals surface area contributed by atoms with Gasteiger partial charge in [0.25, 0.3) is 0 Å². The van der Waals surface area contributed by atoms with E-state index in [0.29, 0.717) is 0 Å². The fraction of sp³-hybridized carbons (Fsp3) is 0.571. The molecule has 0 bridgehead atoms. The molecule has 0 radical (unpaired) electrons. The van der Waals surface area contributed by atoms with Crippen LogP contribution >= 0.6 is 0 Å². The van der Waals surface area contributed by atoms with Crippen LogP contribution < -0.4 is 0 Å². The summed E-state index contributed by atoms with van der Waals surface area (Å²) >= 11 is 0. The van der Waals surface area contributed by atoms with Crippen LogP contribution in [0.15, 0.2) is 12.2 Å². The van der Waals surface area contributed by atoms with Crippen molar-refractivity contribution < 1.29 is 20.9 Å². The lowest BCUT2D eigenvalue weighted by atomic mass is 10.2. The molecular formula is C7H16O4. The van der Waals surface area contributed by atoms with Crippen LogP contribution in [0.2, 0.25) is 0 Å². The number of hydrogen-bond donors (Lipinski definition) is 1. The molecule has 0 amide bonds. The van der Waals surface area contributed by atoms with E-state index in [0.717, 1.165) is 12.8 Å². The Morgan fingerprint density at radius 2 is 2.00 bits per heavy atom. The topological polar surface area (TPSA) is 100 Å². The van der Waals surface area contributed by atoms with Gasteiger partial charge in [-0.05, 0) is 19.8 Å². The number of hydrogen-bond acceptors (Lipinski definition) is 1. The first kappa shape index (κ1) is 16.6. The highest BCUT2D eigenvalue weighted by molar-refractivity contribution is 5.66. The number of allylic oxidation sites excluding steroid dienone is 2. The Hall–Kier alpha value is -0.870. The summed E-state index contributed by atoms with van der Waals surface area (Å²) in [5.74, 6) is -0.709. The van der Waals surface area contributed by atoms with Crippen LogP contribution in [-0.4, -0.2) is 22.0 Å². The zero-order valence-electron chi connectivity index (χ0n) is 6.63. The van der Waals surface area contributed by atoms with Crippen molar-refractivity contribution in [3.05, 3.63) is 12.2 Å². The zero-order chi connectivity index (χ0) is 7.11. The molecule has 5 N–H and O–H groups in total. The van der Waals surface area contributed by atoms with Crippen LogP contribution in [0.5, 0.6) is 0 Å². The largest absolute Gasteiger partial charge is 0.481 e. The molecule has 0 spiro atoms. The van der Waals surface area contributed by atoms with E-state index in [1.807, 2.05) is 19.1 Å². The van der Waals surface area contributed by atoms with Crippen LogP contribution in [0.1, 0.15) is 26.2 Å². The maximum absolute atomic E-state index is 9.94. The van der Waals surface area contributed by atoms with E-state index < -0.39 is 5.97 Å². The second-order valence-corrected chi connectivity index (χ2v) is 1.86. The number of carboxylic acid groups (broad SMARTS) is 1. The third-order valence-corrected chi connectivity index (χ3v) is 0.997. The lowest BCUT2D eigenvalue weighted by Gasteiger charge is -1.88. The van der Waals surface area contributed by atoms with Crippen molar-refractivity contribution in [3.8, 4) is 0 Å². The Morgan fingerprint density at radius 3 is 2.36 bits per heavy atom. The summed E-state index contributed by atoms with van der Waals surface area (Å²) in [7, 11) is 0. The van der Waals surface area contributed by atoms with Gasteiger partial charge in [0.15, 0.2) is 0 Å². The number of unbranched alkanes of at least 4 members (excludes halogenated alkanes) is 1. The molecule has 0 saturated carbocycles. The molecule has 0 saturated heterocycles. The molecule has 0 aliphatic carbocycles. The Kier molecular flexibility index (Phi) is 17.9. The van der Waals surface area contributed by atoms with Crippen molar-refractivity contribution in [3.63, 3.8) is 0 Å². The average molecular weight is 164 g/mol. The molecule has 0 aliphatic rings. The van der Waals surface area contributed by atoms with Crippen molar-refractivity contribution in [2.45, 2.75) is 26.2 Å². The summed E-state index contributed by atoms with van der Waals surface area (Å²) in [5.41, 5.74) is 0. The minimum absolute atomic E-state index is 0. The normalized spacial score (nSPS) is 8.45. The first-order chi connectivity index (χ1) is 4.27. The molecule has 11 heavy (non-hydrogen) atoms. The second-order valence-electron chi connectivity index (χ2n) is 1.86. The number of rotatable bonds is 4. The van der Waals surface area contributed by atoms with Gasteiger partial charge >= 0.3 is 5.97 Å². The summed E-state index contributed by atoms with van der Waals surface area (Å²) in [5, 5.41) is 8.19. The minimum atomic E-state index is -0.709. The van der Waals surface area contributed by atoms with Gasteiger partial charge in [0.05, 0.1) is 0 Å². The van der Waals surface area contributed by atoms with Crippen molar-refractivity contribution in [1.82, 2.24) is 0 Å². The highest BCUT2D eigenvalue weighted by Gasteiger charge is 1.92. The molecule has 0 unspecified atom stereocenters.